The van der Waals surface area contributed by atoms with E-state index in [1.807, 2.05) is 32.0 Å². The highest BCUT2D eigenvalue weighted by Gasteiger charge is 2.29. The normalized spacial score (nSPS) is 17.7. The zero-order valence-electron chi connectivity index (χ0n) is 11.5. The number of nitrogens with zero attached hydrogens (tertiary/aromatic N) is 1. The van der Waals surface area contributed by atoms with Gasteiger partial charge in [-0.3, -0.25) is 4.79 Å². The summed E-state index contributed by atoms with van der Waals surface area (Å²) in [5, 5.41) is 9.34. The van der Waals surface area contributed by atoms with Gasteiger partial charge >= 0.3 is 0 Å². The molecule has 1 aromatic carbocycles. The summed E-state index contributed by atoms with van der Waals surface area (Å²) in [7, 11) is 0. The lowest BCUT2D eigenvalue weighted by molar-refractivity contribution is -0.126. The average molecular weight is 257 g/mol. The number of aryl methyl sites for hydroxylation is 2. The summed E-state index contributed by atoms with van der Waals surface area (Å²) < 4.78 is 5.27. The maximum Gasteiger partial charge on any atom is 0.157 e. The van der Waals surface area contributed by atoms with Crippen LogP contribution in [0.3, 0.4) is 0 Å². The fourth-order valence-corrected chi connectivity index (χ4v) is 2.46. The Bertz CT molecular complexity index is 510. The van der Waals surface area contributed by atoms with Gasteiger partial charge in [-0.05, 0) is 43.4 Å². The third-order valence-electron chi connectivity index (χ3n) is 3.90. The number of benzene rings is 1. The van der Waals surface area contributed by atoms with Crippen molar-refractivity contribution in [2.75, 3.05) is 13.2 Å². The molecular formula is C16H19NO2. The Morgan fingerprint density at radius 2 is 2.00 bits per heavy atom. The Morgan fingerprint density at radius 1 is 1.32 bits per heavy atom. The standard InChI is InChI=1S/C16H19NO2/c1-11-3-4-14(9-12(11)2)15(10-17)16(18)13-5-7-19-8-6-13/h3-4,9,13,15H,5-8H2,1-2H3. The van der Waals surface area contributed by atoms with Crippen LogP contribution >= 0.6 is 0 Å². The summed E-state index contributed by atoms with van der Waals surface area (Å²) in [5.74, 6) is -0.614. The number of rotatable bonds is 3. The lowest BCUT2D eigenvalue weighted by Crippen LogP contribution is -2.27. The van der Waals surface area contributed by atoms with Crippen LogP contribution in [-0.2, 0) is 9.53 Å². The summed E-state index contributed by atoms with van der Waals surface area (Å²) in [5.41, 5.74) is 3.12. The van der Waals surface area contributed by atoms with Crippen molar-refractivity contribution >= 4 is 5.78 Å². The van der Waals surface area contributed by atoms with Crippen LogP contribution in [0, 0.1) is 31.1 Å². The van der Waals surface area contributed by atoms with Crippen molar-refractivity contribution in [2.24, 2.45) is 5.92 Å². The first-order valence-electron chi connectivity index (χ1n) is 6.71. The molecule has 1 unspecified atom stereocenters. The molecule has 0 saturated carbocycles. The van der Waals surface area contributed by atoms with Gasteiger partial charge in [0, 0.05) is 19.1 Å². The van der Waals surface area contributed by atoms with Crippen molar-refractivity contribution in [3.63, 3.8) is 0 Å². The maximum atomic E-state index is 12.4. The topological polar surface area (TPSA) is 50.1 Å². The Hall–Kier alpha value is -1.66. The molecule has 3 nitrogen and oxygen atoms in total. The molecule has 100 valence electrons. The summed E-state index contributed by atoms with van der Waals surface area (Å²) in [6.07, 6.45) is 1.48. The summed E-state index contributed by atoms with van der Waals surface area (Å²) in [6, 6.07) is 8.01. The van der Waals surface area contributed by atoms with Crippen LogP contribution in [0.2, 0.25) is 0 Å². The number of carbonyl (C=O) groups excluding carboxylic acids is 1. The average Bonchev–Trinajstić information content (AvgIpc) is 2.44. The van der Waals surface area contributed by atoms with E-state index < -0.39 is 5.92 Å². The highest BCUT2D eigenvalue weighted by Crippen LogP contribution is 2.26. The van der Waals surface area contributed by atoms with Gasteiger partial charge in [0.2, 0.25) is 0 Å². The van der Waals surface area contributed by atoms with E-state index >= 15 is 0 Å². The van der Waals surface area contributed by atoms with E-state index in [9.17, 15) is 10.1 Å². The van der Waals surface area contributed by atoms with Gasteiger partial charge in [-0.25, -0.2) is 0 Å². The Balaban J connectivity index is 2.21. The van der Waals surface area contributed by atoms with Gasteiger partial charge in [-0.15, -0.1) is 0 Å². The zero-order chi connectivity index (χ0) is 13.8. The van der Waals surface area contributed by atoms with E-state index in [1.54, 1.807) is 0 Å². The Kier molecular flexibility index (Phi) is 4.34. The third-order valence-corrected chi connectivity index (χ3v) is 3.90. The molecule has 1 atom stereocenters. The molecule has 0 N–H and O–H groups in total. The molecule has 3 heteroatoms. The molecule has 1 aliphatic heterocycles. The molecule has 0 radical (unpaired) electrons. The molecule has 0 spiro atoms. The second kappa shape index (κ2) is 5.99. The molecule has 0 amide bonds. The largest absolute Gasteiger partial charge is 0.381 e. The van der Waals surface area contributed by atoms with Crippen molar-refractivity contribution in [1.29, 1.82) is 5.26 Å². The molecule has 1 aromatic rings. The minimum atomic E-state index is -0.637. The van der Waals surface area contributed by atoms with Gasteiger partial charge in [0.15, 0.2) is 5.78 Å². The molecular weight excluding hydrogens is 238 g/mol. The maximum absolute atomic E-state index is 12.4. The van der Waals surface area contributed by atoms with Crippen molar-refractivity contribution in [2.45, 2.75) is 32.6 Å². The predicted octanol–water partition coefficient (Wildman–Crippen LogP) is 2.91. The lowest BCUT2D eigenvalue weighted by atomic mass is 9.84. The minimum absolute atomic E-state index is 0.0278. The molecule has 0 aromatic heterocycles. The van der Waals surface area contributed by atoms with Crippen LogP contribution in [-0.4, -0.2) is 19.0 Å². The van der Waals surface area contributed by atoms with Gasteiger partial charge < -0.3 is 4.74 Å². The number of ketones is 1. The summed E-state index contributed by atoms with van der Waals surface area (Å²) in [4.78, 5) is 12.4. The van der Waals surface area contributed by atoms with E-state index in [4.69, 9.17) is 4.74 Å². The highest BCUT2D eigenvalue weighted by molar-refractivity contribution is 5.90. The fraction of sp³-hybridized carbons (Fsp3) is 0.500. The van der Waals surface area contributed by atoms with Gasteiger partial charge in [0.25, 0.3) is 0 Å². The number of Topliss-reactive ketones (excluding diaryl/α,β-unsaturated/α-hetero) is 1. The molecule has 0 aliphatic carbocycles. The van der Waals surface area contributed by atoms with Crippen molar-refractivity contribution in [3.05, 3.63) is 34.9 Å². The predicted molar refractivity (Wildman–Crippen MR) is 72.8 cm³/mol. The van der Waals surface area contributed by atoms with Crippen LogP contribution < -0.4 is 0 Å². The Labute approximate surface area is 114 Å². The van der Waals surface area contributed by atoms with Crippen LogP contribution in [0.1, 0.15) is 35.4 Å². The zero-order valence-corrected chi connectivity index (χ0v) is 11.5. The molecule has 19 heavy (non-hydrogen) atoms. The number of carbonyl (C=O) groups is 1. The SMILES string of the molecule is Cc1ccc(C(C#N)C(=O)C2CCOCC2)cc1C. The minimum Gasteiger partial charge on any atom is -0.381 e. The van der Waals surface area contributed by atoms with Crippen LogP contribution in [0.4, 0.5) is 0 Å². The summed E-state index contributed by atoms with van der Waals surface area (Å²) >= 11 is 0. The van der Waals surface area contributed by atoms with Gasteiger partial charge in [0.05, 0.1) is 6.07 Å². The number of nitriles is 1. The Morgan fingerprint density at radius 3 is 2.58 bits per heavy atom. The molecule has 1 fully saturated rings. The van der Waals surface area contributed by atoms with Crippen molar-refractivity contribution in [1.82, 2.24) is 0 Å². The third kappa shape index (κ3) is 3.02. The second-order valence-electron chi connectivity index (χ2n) is 5.19. The van der Waals surface area contributed by atoms with E-state index in [2.05, 4.69) is 6.07 Å². The van der Waals surface area contributed by atoms with E-state index in [-0.39, 0.29) is 11.7 Å². The highest BCUT2D eigenvalue weighted by atomic mass is 16.5. The molecule has 2 rings (SSSR count). The summed E-state index contributed by atoms with van der Waals surface area (Å²) in [6.45, 7) is 5.29. The van der Waals surface area contributed by atoms with Gasteiger partial charge in [-0.1, -0.05) is 18.2 Å². The van der Waals surface area contributed by atoms with Crippen LogP contribution in [0.5, 0.6) is 0 Å². The number of hydrogen-bond donors (Lipinski definition) is 0. The van der Waals surface area contributed by atoms with E-state index in [0.717, 1.165) is 24.0 Å². The van der Waals surface area contributed by atoms with Crippen molar-refractivity contribution < 1.29 is 9.53 Å². The molecule has 1 aliphatic rings. The fourth-order valence-electron chi connectivity index (χ4n) is 2.46. The molecule has 1 heterocycles. The quantitative estimate of drug-likeness (QED) is 0.836. The lowest BCUT2D eigenvalue weighted by Gasteiger charge is -2.23. The number of hydrogen-bond acceptors (Lipinski definition) is 3. The van der Waals surface area contributed by atoms with Gasteiger partial charge in [-0.2, -0.15) is 5.26 Å². The number of ether oxygens (including phenoxy) is 1. The molecule has 0 bridgehead atoms. The molecule has 1 saturated heterocycles. The van der Waals surface area contributed by atoms with Crippen molar-refractivity contribution in [3.8, 4) is 6.07 Å². The van der Waals surface area contributed by atoms with Crippen LogP contribution in [0.15, 0.2) is 18.2 Å². The van der Waals surface area contributed by atoms with E-state index in [1.165, 1.54) is 5.56 Å². The monoisotopic (exact) mass is 257 g/mol. The second-order valence-corrected chi connectivity index (χ2v) is 5.19. The van der Waals surface area contributed by atoms with Crippen LogP contribution in [0.25, 0.3) is 0 Å². The first-order chi connectivity index (χ1) is 9.13. The smallest absolute Gasteiger partial charge is 0.157 e. The van der Waals surface area contributed by atoms with Gasteiger partial charge in [0.1, 0.15) is 5.92 Å². The first kappa shape index (κ1) is 13.8. The van der Waals surface area contributed by atoms with E-state index in [0.29, 0.717) is 13.2 Å². The first-order valence-corrected chi connectivity index (χ1v) is 6.71.